The Labute approximate surface area is 170 Å². The first kappa shape index (κ1) is 20.1. The number of nitrogens with zero attached hydrogens (tertiary/aromatic N) is 2. The molecule has 0 bridgehead atoms. The Morgan fingerprint density at radius 1 is 1.11 bits per heavy atom. The largest absolute Gasteiger partial charge is 0.411 e. The lowest BCUT2D eigenvalue weighted by Crippen LogP contribution is -2.28. The van der Waals surface area contributed by atoms with Gasteiger partial charge in [-0.1, -0.05) is 49.0 Å². The molecule has 28 heavy (non-hydrogen) atoms. The molecule has 0 saturated heterocycles. The monoisotopic (exact) mass is 395 g/mol. The van der Waals surface area contributed by atoms with Gasteiger partial charge in [0.05, 0.1) is 11.8 Å². The molecule has 0 spiro atoms. The average molecular weight is 396 g/mol. The van der Waals surface area contributed by atoms with Crippen LogP contribution in [0, 0.1) is 13.8 Å². The summed E-state index contributed by atoms with van der Waals surface area (Å²) in [5.41, 5.74) is 5.65. The van der Waals surface area contributed by atoms with Crippen molar-refractivity contribution < 1.29 is 9.21 Å². The number of thioether (sulfide) groups is 1. The molecule has 3 aromatic rings. The lowest BCUT2D eigenvalue weighted by atomic mass is 10.1. The minimum absolute atomic E-state index is 0.0483. The molecule has 1 aromatic heterocycles. The second-order valence-electron chi connectivity index (χ2n) is 6.85. The van der Waals surface area contributed by atoms with Crippen molar-refractivity contribution in [2.45, 2.75) is 45.4 Å². The van der Waals surface area contributed by atoms with E-state index in [1.165, 1.54) is 28.5 Å². The van der Waals surface area contributed by atoms with Gasteiger partial charge in [-0.25, -0.2) is 0 Å². The molecule has 0 aliphatic rings. The number of nitrogens with one attached hydrogen (secondary N) is 1. The minimum Gasteiger partial charge on any atom is -0.411 e. The fraction of sp³-hybridized carbons (Fsp3) is 0.318. The normalized spacial score (nSPS) is 12.0. The Balaban J connectivity index is 1.54. The van der Waals surface area contributed by atoms with Gasteiger partial charge in [-0.3, -0.25) is 4.79 Å². The average Bonchev–Trinajstić information content (AvgIpc) is 3.17. The summed E-state index contributed by atoms with van der Waals surface area (Å²) in [5.74, 6) is 0.629. The van der Waals surface area contributed by atoms with Crippen LogP contribution >= 0.6 is 11.8 Å². The molecule has 1 N–H and O–H groups in total. The number of carbonyl (C=O) groups is 1. The molecule has 1 atom stereocenters. The standard InChI is InChI=1S/C22H25N3O2S/c1-5-17-7-10-18(11-8-17)16(4)23-20(26)13-28-22-25-24-21(27-22)19-9-6-14(2)15(3)12-19/h6-12,16H,5,13H2,1-4H3,(H,23,26)/t16-/m1/s1. The van der Waals surface area contributed by atoms with Gasteiger partial charge in [0.15, 0.2) is 0 Å². The van der Waals surface area contributed by atoms with Crippen LogP contribution in [0.3, 0.4) is 0 Å². The first-order chi connectivity index (χ1) is 13.5. The molecule has 0 unspecified atom stereocenters. The van der Waals surface area contributed by atoms with E-state index < -0.39 is 0 Å². The van der Waals surface area contributed by atoms with Crippen molar-refractivity contribution in [2.24, 2.45) is 0 Å². The highest BCUT2D eigenvalue weighted by Gasteiger charge is 2.14. The fourth-order valence-corrected chi connectivity index (χ4v) is 3.37. The summed E-state index contributed by atoms with van der Waals surface area (Å²) < 4.78 is 5.69. The maximum Gasteiger partial charge on any atom is 0.277 e. The third kappa shape index (κ3) is 5.01. The molecule has 0 saturated carbocycles. The fourth-order valence-electron chi connectivity index (χ4n) is 2.79. The van der Waals surface area contributed by atoms with Crippen molar-refractivity contribution in [2.75, 3.05) is 5.75 Å². The van der Waals surface area contributed by atoms with Gasteiger partial charge < -0.3 is 9.73 Å². The first-order valence-electron chi connectivity index (χ1n) is 9.38. The molecule has 0 fully saturated rings. The van der Waals surface area contributed by atoms with Crippen molar-refractivity contribution in [1.82, 2.24) is 15.5 Å². The van der Waals surface area contributed by atoms with Gasteiger partial charge in [-0.05, 0) is 61.6 Å². The van der Waals surface area contributed by atoms with E-state index in [4.69, 9.17) is 4.42 Å². The lowest BCUT2D eigenvalue weighted by Gasteiger charge is -2.14. The summed E-state index contributed by atoms with van der Waals surface area (Å²) in [4.78, 5) is 12.3. The van der Waals surface area contributed by atoms with Crippen molar-refractivity contribution in [1.29, 1.82) is 0 Å². The molecule has 3 rings (SSSR count). The van der Waals surface area contributed by atoms with Crippen LogP contribution in [-0.2, 0) is 11.2 Å². The van der Waals surface area contributed by atoms with Crippen molar-refractivity contribution >= 4 is 17.7 Å². The number of hydrogen-bond acceptors (Lipinski definition) is 5. The van der Waals surface area contributed by atoms with E-state index in [0.717, 1.165) is 17.5 Å². The predicted octanol–water partition coefficient (Wildman–Crippen LogP) is 4.89. The van der Waals surface area contributed by atoms with E-state index in [2.05, 4.69) is 53.6 Å². The van der Waals surface area contributed by atoms with E-state index >= 15 is 0 Å². The molecule has 6 heteroatoms. The molecule has 146 valence electrons. The summed E-state index contributed by atoms with van der Waals surface area (Å²) in [7, 11) is 0. The Morgan fingerprint density at radius 3 is 2.54 bits per heavy atom. The number of carbonyl (C=O) groups excluding carboxylic acids is 1. The highest BCUT2D eigenvalue weighted by Crippen LogP contribution is 2.25. The van der Waals surface area contributed by atoms with Crippen LogP contribution in [0.5, 0.6) is 0 Å². The van der Waals surface area contributed by atoms with E-state index in [1.54, 1.807) is 0 Å². The number of rotatable bonds is 7. The Kier molecular flexibility index (Phi) is 6.52. The van der Waals surface area contributed by atoms with E-state index in [-0.39, 0.29) is 17.7 Å². The van der Waals surface area contributed by atoms with Crippen LogP contribution in [0.15, 0.2) is 52.1 Å². The number of aryl methyl sites for hydroxylation is 3. The summed E-state index contributed by atoms with van der Waals surface area (Å²) in [6.45, 7) is 8.21. The van der Waals surface area contributed by atoms with Crippen molar-refractivity contribution in [3.63, 3.8) is 0 Å². The second kappa shape index (κ2) is 9.06. The Hall–Kier alpha value is -2.60. The highest BCUT2D eigenvalue weighted by molar-refractivity contribution is 7.99. The van der Waals surface area contributed by atoms with Gasteiger partial charge in [-0.2, -0.15) is 0 Å². The Bertz CT molecular complexity index is 951. The molecule has 0 aliphatic heterocycles. The van der Waals surface area contributed by atoms with Gasteiger partial charge >= 0.3 is 0 Å². The quantitative estimate of drug-likeness (QED) is 0.577. The maximum atomic E-state index is 12.3. The first-order valence-corrected chi connectivity index (χ1v) is 10.4. The molecule has 1 heterocycles. The summed E-state index contributed by atoms with van der Waals surface area (Å²) in [6, 6.07) is 14.3. The number of aromatic nitrogens is 2. The molecular weight excluding hydrogens is 370 g/mol. The third-order valence-electron chi connectivity index (χ3n) is 4.75. The third-order valence-corrected chi connectivity index (χ3v) is 5.57. The van der Waals surface area contributed by atoms with Crippen LogP contribution in [0.25, 0.3) is 11.5 Å². The zero-order valence-electron chi connectivity index (χ0n) is 16.7. The van der Waals surface area contributed by atoms with Gasteiger partial charge in [0, 0.05) is 5.56 Å². The van der Waals surface area contributed by atoms with E-state index in [1.807, 2.05) is 32.0 Å². The molecule has 1 amide bonds. The Morgan fingerprint density at radius 2 is 1.86 bits per heavy atom. The molecular formula is C22H25N3O2S. The van der Waals surface area contributed by atoms with Crippen LogP contribution < -0.4 is 5.32 Å². The summed E-state index contributed by atoms with van der Waals surface area (Å²) >= 11 is 1.24. The van der Waals surface area contributed by atoms with E-state index in [0.29, 0.717) is 11.1 Å². The van der Waals surface area contributed by atoms with Crippen molar-refractivity contribution in [3.8, 4) is 11.5 Å². The summed E-state index contributed by atoms with van der Waals surface area (Å²) in [6.07, 6.45) is 1.01. The molecule has 0 aliphatic carbocycles. The van der Waals surface area contributed by atoms with Gasteiger partial charge in [-0.15, -0.1) is 10.2 Å². The number of hydrogen-bond donors (Lipinski definition) is 1. The van der Waals surface area contributed by atoms with Crippen LogP contribution in [0.4, 0.5) is 0 Å². The number of amides is 1. The molecule has 0 radical (unpaired) electrons. The highest BCUT2D eigenvalue weighted by atomic mass is 32.2. The smallest absolute Gasteiger partial charge is 0.277 e. The topological polar surface area (TPSA) is 68.0 Å². The summed E-state index contributed by atoms with van der Waals surface area (Å²) in [5, 5.41) is 11.5. The van der Waals surface area contributed by atoms with Crippen LogP contribution in [0.1, 0.15) is 42.1 Å². The number of benzene rings is 2. The maximum absolute atomic E-state index is 12.3. The zero-order valence-corrected chi connectivity index (χ0v) is 17.5. The second-order valence-corrected chi connectivity index (χ2v) is 7.77. The molecule has 2 aromatic carbocycles. The SMILES string of the molecule is CCc1ccc([C@@H](C)NC(=O)CSc2nnc(-c3ccc(C)c(C)c3)o2)cc1. The van der Waals surface area contributed by atoms with Gasteiger partial charge in [0.25, 0.3) is 5.22 Å². The minimum atomic E-state index is -0.0667. The zero-order chi connectivity index (χ0) is 20.1. The molecule has 5 nitrogen and oxygen atoms in total. The van der Waals surface area contributed by atoms with E-state index in [9.17, 15) is 4.79 Å². The van der Waals surface area contributed by atoms with Gasteiger partial charge in [0.2, 0.25) is 11.8 Å². The van der Waals surface area contributed by atoms with Crippen LogP contribution in [-0.4, -0.2) is 21.9 Å². The predicted molar refractivity (Wildman–Crippen MR) is 112 cm³/mol. The lowest BCUT2D eigenvalue weighted by molar-refractivity contribution is -0.119. The van der Waals surface area contributed by atoms with Crippen LogP contribution in [0.2, 0.25) is 0 Å². The van der Waals surface area contributed by atoms with Crippen molar-refractivity contribution in [3.05, 3.63) is 64.7 Å². The van der Waals surface area contributed by atoms with Gasteiger partial charge in [0.1, 0.15) is 0 Å².